The van der Waals surface area contributed by atoms with E-state index >= 15 is 0 Å². The lowest BCUT2D eigenvalue weighted by molar-refractivity contribution is 0.0693. The molecule has 2 aromatic rings. The Hall–Kier alpha value is -3.39. The number of hydrogen-bond donors (Lipinski definition) is 3. The van der Waals surface area contributed by atoms with Gasteiger partial charge in [0, 0.05) is 60.6 Å². The van der Waals surface area contributed by atoms with Crippen LogP contribution in [0.15, 0.2) is 40.4 Å². The van der Waals surface area contributed by atoms with Crippen molar-refractivity contribution >= 4 is 17.8 Å². The van der Waals surface area contributed by atoms with Crippen molar-refractivity contribution in [3.8, 4) is 17.0 Å². The van der Waals surface area contributed by atoms with Gasteiger partial charge in [-0.1, -0.05) is 20.8 Å². The summed E-state index contributed by atoms with van der Waals surface area (Å²) >= 11 is 0. The zero-order chi connectivity index (χ0) is 24.3. The van der Waals surface area contributed by atoms with Crippen LogP contribution in [0, 0.1) is 5.41 Å². The van der Waals surface area contributed by atoms with Crippen molar-refractivity contribution in [1.82, 2.24) is 4.57 Å². The van der Waals surface area contributed by atoms with Crippen molar-refractivity contribution in [3.63, 3.8) is 0 Å². The third-order valence-corrected chi connectivity index (χ3v) is 5.93. The molecule has 4 N–H and O–H groups in total. The minimum atomic E-state index is -1.24. The Bertz CT molecular complexity index is 1170. The summed E-state index contributed by atoms with van der Waals surface area (Å²) in [5.41, 5.74) is 8.87. The number of benzene rings is 1. The predicted molar refractivity (Wildman–Crippen MR) is 129 cm³/mol. The lowest BCUT2D eigenvalue weighted by atomic mass is 9.78. The lowest BCUT2D eigenvalue weighted by Gasteiger charge is -2.39. The number of allylic oxidation sites excluding steroid dienone is 1. The molecule has 33 heavy (non-hydrogen) atoms. The number of nitrogens with two attached hydrogens (primary N) is 1. The average molecular weight is 454 g/mol. The second-order valence-corrected chi connectivity index (χ2v) is 9.18. The lowest BCUT2D eigenvalue weighted by Crippen LogP contribution is -2.32. The van der Waals surface area contributed by atoms with Crippen LogP contribution in [-0.4, -0.2) is 47.2 Å². The van der Waals surface area contributed by atoms with Gasteiger partial charge in [-0.05, 0) is 36.0 Å². The molecule has 0 radical (unpaired) electrons. The molecule has 3 rings (SSSR count). The molecule has 0 saturated carbocycles. The first-order valence-electron chi connectivity index (χ1n) is 10.9. The van der Waals surface area contributed by atoms with Gasteiger partial charge in [-0.2, -0.15) is 0 Å². The molecule has 1 aliphatic heterocycles. The summed E-state index contributed by atoms with van der Waals surface area (Å²) in [6, 6.07) is 5.20. The summed E-state index contributed by atoms with van der Waals surface area (Å²) in [6.07, 6.45) is 5.80. The number of aliphatic hydroxyl groups excluding tert-OH is 1. The third-order valence-electron chi connectivity index (χ3n) is 5.93. The van der Waals surface area contributed by atoms with E-state index in [9.17, 15) is 14.7 Å². The summed E-state index contributed by atoms with van der Waals surface area (Å²) < 4.78 is 7.55. The Labute approximate surface area is 193 Å². The van der Waals surface area contributed by atoms with Gasteiger partial charge < -0.3 is 25.3 Å². The minimum absolute atomic E-state index is 0.0662. The molecule has 0 aliphatic carbocycles. The summed E-state index contributed by atoms with van der Waals surface area (Å²) in [7, 11) is 1.56. The summed E-state index contributed by atoms with van der Waals surface area (Å²) in [6.45, 7) is 6.82. The van der Waals surface area contributed by atoms with Crippen LogP contribution in [0.3, 0.4) is 0 Å². The number of hydrogen-bond acceptors (Lipinski definition) is 6. The molecular formula is C25H31N3O5. The molecule has 0 spiro atoms. The van der Waals surface area contributed by atoms with E-state index in [1.807, 2.05) is 16.7 Å². The number of methoxy groups -OCH3 is 1. The number of aliphatic hydroxyl groups is 1. The first-order valence-corrected chi connectivity index (χ1v) is 10.9. The molecule has 176 valence electrons. The van der Waals surface area contributed by atoms with Gasteiger partial charge in [-0.25, -0.2) is 4.79 Å². The molecule has 0 bridgehead atoms. The fourth-order valence-corrected chi connectivity index (χ4v) is 4.17. The molecule has 1 aliphatic rings. The first-order chi connectivity index (χ1) is 15.6. The van der Waals surface area contributed by atoms with Crippen molar-refractivity contribution in [2.24, 2.45) is 16.1 Å². The second kappa shape index (κ2) is 9.62. The maximum atomic E-state index is 12.6. The van der Waals surface area contributed by atoms with Crippen LogP contribution in [0.4, 0.5) is 0 Å². The monoisotopic (exact) mass is 453 g/mol. The van der Waals surface area contributed by atoms with E-state index in [0.717, 1.165) is 16.7 Å². The smallest absolute Gasteiger partial charge is 0.341 e. The molecule has 1 aromatic heterocycles. The molecule has 1 atom stereocenters. The summed E-state index contributed by atoms with van der Waals surface area (Å²) in [5.74, 6) is -0.672. The van der Waals surface area contributed by atoms with Gasteiger partial charge in [0.2, 0.25) is 0 Å². The first kappa shape index (κ1) is 24.3. The van der Waals surface area contributed by atoms with Crippen LogP contribution in [0.25, 0.3) is 16.8 Å². The van der Waals surface area contributed by atoms with Gasteiger partial charge >= 0.3 is 5.97 Å². The Morgan fingerprint density at radius 3 is 2.61 bits per heavy atom. The van der Waals surface area contributed by atoms with E-state index in [-0.39, 0.29) is 23.6 Å². The molecule has 1 aromatic carbocycles. The van der Waals surface area contributed by atoms with Crippen LogP contribution < -0.4 is 15.9 Å². The number of nitrogens with zero attached hydrogens (tertiary/aromatic N) is 2. The highest BCUT2D eigenvalue weighted by Gasteiger charge is 2.34. The van der Waals surface area contributed by atoms with E-state index in [1.165, 1.54) is 18.5 Å². The number of aliphatic imine (C=N–C) groups is 1. The molecule has 0 fully saturated rings. The number of rotatable bonds is 7. The molecule has 0 amide bonds. The van der Waals surface area contributed by atoms with Crippen LogP contribution >= 0.6 is 0 Å². The highest BCUT2D eigenvalue weighted by atomic mass is 16.5. The molecule has 0 saturated heterocycles. The van der Waals surface area contributed by atoms with Crippen LogP contribution in [0.2, 0.25) is 0 Å². The van der Waals surface area contributed by atoms with Crippen molar-refractivity contribution < 1.29 is 19.7 Å². The SMILES string of the molecule is COc1cc2c(cc1C(C=NCCCO)=CN)CC(C(C)(C)C)n1cc(C(=O)O)c(=O)cc1-2. The zero-order valence-corrected chi connectivity index (χ0v) is 19.5. The van der Waals surface area contributed by atoms with Crippen LogP contribution in [0.5, 0.6) is 5.75 Å². The number of carboxylic acid groups (broad SMARTS) is 1. The second-order valence-electron chi connectivity index (χ2n) is 9.18. The zero-order valence-electron chi connectivity index (χ0n) is 19.5. The van der Waals surface area contributed by atoms with Gasteiger partial charge in [-0.15, -0.1) is 0 Å². The van der Waals surface area contributed by atoms with Gasteiger partial charge in [0.15, 0.2) is 5.43 Å². The normalized spacial score (nSPS) is 15.9. The van der Waals surface area contributed by atoms with Crippen LogP contribution in [0.1, 0.15) is 54.7 Å². The van der Waals surface area contributed by atoms with Crippen molar-refractivity contribution in [3.05, 3.63) is 57.5 Å². The van der Waals surface area contributed by atoms with Crippen molar-refractivity contribution in [2.45, 2.75) is 39.7 Å². The predicted octanol–water partition coefficient (Wildman–Crippen LogP) is 3.12. The van der Waals surface area contributed by atoms with E-state index in [1.54, 1.807) is 13.3 Å². The molecule has 1 unspecified atom stereocenters. The maximum absolute atomic E-state index is 12.6. The summed E-state index contributed by atoms with van der Waals surface area (Å²) in [5, 5.41) is 18.5. The number of pyridine rings is 1. The topological polar surface area (TPSA) is 127 Å². The molecule has 8 nitrogen and oxygen atoms in total. The average Bonchev–Trinajstić information content (AvgIpc) is 2.76. The Kier molecular flexibility index (Phi) is 7.07. The third kappa shape index (κ3) is 4.85. The number of carbonyl (C=O) groups is 1. The van der Waals surface area contributed by atoms with E-state index in [0.29, 0.717) is 36.4 Å². The largest absolute Gasteiger partial charge is 0.496 e. The number of aromatic nitrogens is 1. The van der Waals surface area contributed by atoms with Crippen LogP contribution in [-0.2, 0) is 6.42 Å². The number of ether oxygens (including phenoxy) is 1. The van der Waals surface area contributed by atoms with Crippen molar-refractivity contribution in [1.29, 1.82) is 0 Å². The van der Waals surface area contributed by atoms with Crippen molar-refractivity contribution in [2.75, 3.05) is 20.3 Å². The highest BCUT2D eigenvalue weighted by Crippen LogP contribution is 2.44. The maximum Gasteiger partial charge on any atom is 0.341 e. The van der Waals surface area contributed by atoms with Gasteiger partial charge in [-0.3, -0.25) is 9.79 Å². The fourth-order valence-electron chi connectivity index (χ4n) is 4.17. The molecular weight excluding hydrogens is 422 g/mol. The number of fused-ring (bicyclic) bond motifs is 3. The summed E-state index contributed by atoms with van der Waals surface area (Å²) in [4.78, 5) is 28.5. The van der Waals surface area contributed by atoms with E-state index in [4.69, 9.17) is 15.6 Å². The Morgan fingerprint density at radius 1 is 1.30 bits per heavy atom. The van der Waals surface area contributed by atoms with Gasteiger partial charge in [0.1, 0.15) is 11.3 Å². The quantitative estimate of drug-likeness (QED) is 0.437. The Morgan fingerprint density at radius 2 is 2.03 bits per heavy atom. The Balaban J connectivity index is 2.22. The number of aromatic carboxylic acids is 1. The standard InChI is InChI=1S/C25H31N3O5/c1-25(2,3)23-9-15-8-18(16(12-26)13-27-6-5-7-29)22(33-4)10-17(15)20-11-21(30)19(24(31)32)14-28(20)23/h8,10-14,23,29H,5-7,9,26H2,1-4H3,(H,31,32). The number of carboxylic acids is 1. The molecule has 8 heteroatoms. The molecule has 2 heterocycles. The fraction of sp³-hybridized carbons (Fsp3) is 0.400. The van der Waals surface area contributed by atoms with E-state index < -0.39 is 11.4 Å². The van der Waals surface area contributed by atoms with Gasteiger partial charge in [0.05, 0.1) is 12.8 Å². The minimum Gasteiger partial charge on any atom is -0.496 e. The van der Waals surface area contributed by atoms with E-state index in [2.05, 4.69) is 25.8 Å². The highest BCUT2D eigenvalue weighted by molar-refractivity contribution is 6.11. The van der Waals surface area contributed by atoms with Gasteiger partial charge in [0.25, 0.3) is 0 Å².